The van der Waals surface area contributed by atoms with Gasteiger partial charge in [0.05, 0.1) is 12.3 Å². The highest BCUT2D eigenvalue weighted by atomic mass is 32.2. The number of nitrogens with one attached hydrogen (secondary N) is 1. The minimum Gasteiger partial charge on any atom is -0.462 e. The highest BCUT2D eigenvalue weighted by molar-refractivity contribution is 7.90. The van der Waals surface area contributed by atoms with Gasteiger partial charge in [-0.05, 0) is 25.1 Å². The first kappa shape index (κ1) is 13.2. The standard InChI is InChI=1S/C10H17NO4S/c1-16(13,14)6-2-5-11-7-9-3-4-10(8-12)15-9/h3-4,11-12H,2,5-8H2,1H3. The van der Waals surface area contributed by atoms with Gasteiger partial charge in [-0.15, -0.1) is 0 Å². The van der Waals surface area contributed by atoms with E-state index in [2.05, 4.69) is 5.32 Å². The highest BCUT2D eigenvalue weighted by Crippen LogP contribution is 2.06. The number of sulfone groups is 1. The quantitative estimate of drug-likeness (QED) is 0.677. The van der Waals surface area contributed by atoms with Crippen LogP contribution in [0.1, 0.15) is 17.9 Å². The van der Waals surface area contributed by atoms with E-state index in [0.29, 0.717) is 25.3 Å². The van der Waals surface area contributed by atoms with E-state index in [4.69, 9.17) is 9.52 Å². The van der Waals surface area contributed by atoms with Crippen LogP contribution in [0.25, 0.3) is 0 Å². The molecule has 0 radical (unpaired) electrons. The van der Waals surface area contributed by atoms with Gasteiger partial charge in [0.15, 0.2) is 0 Å². The van der Waals surface area contributed by atoms with E-state index in [9.17, 15) is 8.42 Å². The smallest absolute Gasteiger partial charge is 0.147 e. The monoisotopic (exact) mass is 247 g/mol. The maximum atomic E-state index is 10.8. The van der Waals surface area contributed by atoms with E-state index in [1.807, 2.05) is 0 Å². The van der Waals surface area contributed by atoms with Gasteiger partial charge in [0.25, 0.3) is 0 Å². The Balaban J connectivity index is 2.16. The van der Waals surface area contributed by atoms with Crippen molar-refractivity contribution in [2.75, 3.05) is 18.6 Å². The van der Waals surface area contributed by atoms with Gasteiger partial charge < -0.3 is 14.8 Å². The molecule has 16 heavy (non-hydrogen) atoms. The van der Waals surface area contributed by atoms with Crippen molar-refractivity contribution in [2.45, 2.75) is 19.6 Å². The summed E-state index contributed by atoms with van der Waals surface area (Å²) in [5.41, 5.74) is 0. The van der Waals surface area contributed by atoms with Crippen LogP contribution in [0.4, 0.5) is 0 Å². The molecule has 0 aliphatic carbocycles. The second-order valence-electron chi connectivity index (χ2n) is 3.69. The summed E-state index contributed by atoms with van der Waals surface area (Å²) in [6.07, 6.45) is 1.82. The van der Waals surface area contributed by atoms with Gasteiger partial charge in [0, 0.05) is 6.26 Å². The molecule has 1 rings (SSSR count). The summed E-state index contributed by atoms with van der Waals surface area (Å²) in [4.78, 5) is 0. The van der Waals surface area contributed by atoms with E-state index in [-0.39, 0.29) is 12.4 Å². The molecule has 1 aromatic rings. The molecule has 1 heterocycles. The molecule has 2 N–H and O–H groups in total. The van der Waals surface area contributed by atoms with Crippen LogP contribution in [0.5, 0.6) is 0 Å². The SMILES string of the molecule is CS(=O)(=O)CCCNCc1ccc(CO)o1. The van der Waals surface area contributed by atoms with Crippen LogP contribution < -0.4 is 5.32 Å². The third-order valence-electron chi connectivity index (χ3n) is 2.04. The fraction of sp³-hybridized carbons (Fsp3) is 0.600. The molecule has 1 aromatic heterocycles. The van der Waals surface area contributed by atoms with E-state index in [0.717, 1.165) is 5.76 Å². The molecule has 0 saturated carbocycles. The number of rotatable bonds is 7. The number of furan rings is 1. The van der Waals surface area contributed by atoms with Gasteiger partial charge in [-0.1, -0.05) is 0 Å². The summed E-state index contributed by atoms with van der Waals surface area (Å²) < 4.78 is 26.9. The Labute approximate surface area is 95.4 Å². The van der Waals surface area contributed by atoms with Gasteiger partial charge in [0.1, 0.15) is 28.0 Å². The van der Waals surface area contributed by atoms with Crippen molar-refractivity contribution in [1.82, 2.24) is 5.32 Å². The van der Waals surface area contributed by atoms with E-state index in [1.165, 1.54) is 6.26 Å². The van der Waals surface area contributed by atoms with Crippen LogP contribution in [-0.2, 0) is 23.0 Å². The molecule has 0 aliphatic heterocycles. The fourth-order valence-corrected chi connectivity index (χ4v) is 1.94. The third kappa shape index (κ3) is 5.29. The van der Waals surface area contributed by atoms with E-state index in [1.54, 1.807) is 12.1 Å². The Hall–Kier alpha value is -0.850. The Morgan fingerprint density at radius 3 is 2.62 bits per heavy atom. The Morgan fingerprint density at radius 2 is 2.06 bits per heavy atom. The van der Waals surface area contributed by atoms with Crippen molar-refractivity contribution in [3.05, 3.63) is 23.7 Å². The van der Waals surface area contributed by atoms with Gasteiger partial charge in [0.2, 0.25) is 0 Å². The molecule has 92 valence electrons. The molecule has 0 fully saturated rings. The maximum Gasteiger partial charge on any atom is 0.147 e. The average molecular weight is 247 g/mol. The van der Waals surface area contributed by atoms with Crippen LogP contribution in [0.2, 0.25) is 0 Å². The molecule has 6 heteroatoms. The van der Waals surface area contributed by atoms with Crippen LogP contribution in [-0.4, -0.2) is 32.1 Å². The fourth-order valence-electron chi connectivity index (χ4n) is 1.27. The maximum absolute atomic E-state index is 10.8. The summed E-state index contributed by atoms with van der Waals surface area (Å²) in [6, 6.07) is 3.50. The van der Waals surface area contributed by atoms with Gasteiger partial charge in [-0.2, -0.15) is 0 Å². The van der Waals surface area contributed by atoms with Crippen LogP contribution in [0, 0.1) is 0 Å². The molecular weight excluding hydrogens is 230 g/mol. The number of aliphatic hydroxyl groups excluding tert-OH is 1. The zero-order chi connectivity index (χ0) is 12.0. The Morgan fingerprint density at radius 1 is 1.38 bits per heavy atom. The predicted molar refractivity (Wildman–Crippen MR) is 60.7 cm³/mol. The molecule has 0 atom stereocenters. The van der Waals surface area contributed by atoms with Gasteiger partial charge >= 0.3 is 0 Å². The largest absolute Gasteiger partial charge is 0.462 e. The van der Waals surface area contributed by atoms with Crippen molar-refractivity contribution in [2.24, 2.45) is 0 Å². The van der Waals surface area contributed by atoms with Gasteiger partial charge in [-0.3, -0.25) is 0 Å². The Bertz CT molecular complexity index is 410. The first-order valence-electron chi connectivity index (χ1n) is 5.08. The van der Waals surface area contributed by atoms with Crippen molar-refractivity contribution in [3.8, 4) is 0 Å². The molecule has 5 nitrogen and oxygen atoms in total. The second-order valence-corrected chi connectivity index (χ2v) is 5.95. The number of hydrogen-bond acceptors (Lipinski definition) is 5. The first-order chi connectivity index (χ1) is 7.51. The lowest BCUT2D eigenvalue weighted by Gasteiger charge is -2.01. The van der Waals surface area contributed by atoms with Crippen molar-refractivity contribution >= 4 is 9.84 Å². The third-order valence-corrected chi connectivity index (χ3v) is 3.07. The van der Waals surface area contributed by atoms with Crippen LogP contribution in [0.3, 0.4) is 0 Å². The lowest BCUT2D eigenvalue weighted by atomic mass is 10.4. The number of aliphatic hydroxyl groups is 1. The molecule has 0 saturated heterocycles. The second kappa shape index (κ2) is 6.03. The summed E-state index contributed by atoms with van der Waals surface area (Å²) in [5, 5.41) is 11.8. The molecule has 0 unspecified atom stereocenters. The van der Waals surface area contributed by atoms with E-state index >= 15 is 0 Å². The molecule has 0 amide bonds. The minimum atomic E-state index is -2.87. The summed E-state index contributed by atoms with van der Waals surface area (Å²) >= 11 is 0. The van der Waals surface area contributed by atoms with E-state index < -0.39 is 9.84 Å². The van der Waals surface area contributed by atoms with Crippen molar-refractivity contribution < 1.29 is 17.9 Å². The lowest BCUT2D eigenvalue weighted by molar-refractivity contribution is 0.243. The predicted octanol–water partition coefficient (Wildman–Crippen LogP) is 0.296. The number of hydrogen-bond donors (Lipinski definition) is 2. The molecule has 0 aromatic carbocycles. The normalized spacial score (nSPS) is 11.9. The van der Waals surface area contributed by atoms with Crippen LogP contribution >= 0.6 is 0 Å². The van der Waals surface area contributed by atoms with Crippen molar-refractivity contribution in [3.63, 3.8) is 0 Å². The molecular formula is C10H17NO4S. The lowest BCUT2D eigenvalue weighted by Crippen LogP contribution is -2.17. The molecule has 0 bridgehead atoms. The van der Waals surface area contributed by atoms with Crippen molar-refractivity contribution in [1.29, 1.82) is 0 Å². The van der Waals surface area contributed by atoms with Crippen LogP contribution in [0.15, 0.2) is 16.5 Å². The topological polar surface area (TPSA) is 79.5 Å². The molecule has 0 aliphatic rings. The zero-order valence-electron chi connectivity index (χ0n) is 9.27. The highest BCUT2D eigenvalue weighted by Gasteiger charge is 2.02. The Kier molecular flexibility index (Phi) is 4.98. The zero-order valence-corrected chi connectivity index (χ0v) is 10.1. The van der Waals surface area contributed by atoms with Gasteiger partial charge in [-0.25, -0.2) is 8.42 Å². The summed E-state index contributed by atoms with van der Waals surface area (Å²) in [5.74, 6) is 1.47. The minimum absolute atomic E-state index is 0.103. The molecule has 0 spiro atoms. The first-order valence-corrected chi connectivity index (χ1v) is 7.14. The summed E-state index contributed by atoms with van der Waals surface area (Å²) in [6.45, 7) is 1.07. The average Bonchev–Trinajstić information content (AvgIpc) is 2.63. The summed E-state index contributed by atoms with van der Waals surface area (Å²) in [7, 11) is -2.87.